The first-order valence-corrected chi connectivity index (χ1v) is 7.30. The van der Waals surface area contributed by atoms with E-state index in [4.69, 9.17) is 5.14 Å². The molecular weight excluding hydrogens is 266 g/mol. The number of hydrogen-bond donors (Lipinski definition) is 3. The lowest BCUT2D eigenvalue weighted by atomic mass is 10.1. The summed E-state index contributed by atoms with van der Waals surface area (Å²) in [5.41, 5.74) is 0.229. The van der Waals surface area contributed by atoms with Crippen molar-refractivity contribution >= 4 is 21.6 Å². The number of hydrogen-bond acceptors (Lipinski definition) is 4. The van der Waals surface area contributed by atoms with E-state index in [0.717, 1.165) is 0 Å². The zero-order chi connectivity index (χ0) is 14.7. The summed E-state index contributed by atoms with van der Waals surface area (Å²) < 4.78 is 22.4. The van der Waals surface area contributed by atoms with E-state index in [2.05, 4.69) is 10.6 Å². The predicted octanol–water partition coefficient (Wildman–Crippen LogP) is 0.661. The Kier molecular flexibility index (Phi) is 4.67. The maximum Gasteiger partial charge on any atom is 0.238 e. The highest BCUT2D eigenvalue weighted by Crippen LogP contribution is 2.13. The molecule has 0 spiro atoms. The van der Waals surface area contributed by atoms with Crippen molar-refractivity contribution in [1.29, 1.82) is 0 Å². The van der Waals surface area contributed by atoms with E-state index < -0.39 is 10.0 Å². The molecule has 1 aromatic rings. The number of nitrogens with two attached hydrogens (primary N) is 1. The summed E-state index contributed by atoms with van der Waals surface area (Å²) in [6.07, 6.45) is 0. The number of amides is 1. The molecule has 0 saturated heterocycles. The molecule has 1 aromatic carbocycles. The van der Waals surface area contributed by atoms with E-state index in [1.165, 1.54) is 18.2 Å². The molecule has 0 aliphatic carbocycles. The topological polar surface area (TPSA) is 101 Å². The summed E-state index contributed by atoms with van der Waals surface area (Å²) in [6, 6.07) is 5.82. The fourth-order valence-electron chi connectivity index (χ4n) is 1.30. The zero-order valence-electron chi connectivity index (χ0n) is 11.2. The molecule has 0 aromatic heterocycles. The van der Waals surface area contributed by atoms with Gasteiger partial charge in [-0.2, -0.15) is 0 Å². The van der Waals surface area contributed by atoms with Crippen molar-refractivity contribution in [2.45, 2.75) is 31.2 Å². The second-order valence-corrected chi connectivity index (χ2v) is 6.79. The summed E-state index contributed by atoms with van der Waals surface area (Å²) in [4.78, 5) is 11.6. The highest BCUT2D eigenvalue weighted by atomic mass is 32.2. The largest absolute Gasteiger partial charge is 0.325 e. The smallest absolute Gasteiger partial charge is 0.238 e. The van der Waals surface area contributed by atoms with Crippen molar-refractivity contribution in [3.8, 4) is 0 Å². The Bertz CT molecular complexity index is 562. The molecule has 6 nitrogen and oxygen atoms in total. The van der Waals surface area contributed by atoms with Gasteiger partial charge in [-0.1, -0.05) is 6.07 Å². The minimum atomic E-state index is -3.76. The maximum absolute atomic E-state index is 11.7. The Morgan fingerprint density at radius 1 is 1.32 bits per heavy atom. The lowest BCUT2D eigenvalue weighted by Gasteiger charge is -2.20. The second kappa shape index (κ2) is 5.68. The van der Waals surface area contributed by atoms with Crippen LogP contribution in [0.3, 0.4) is 0 Å². The number of rotatable bonds is 4. The summed E-state index contributed by atoms with van der Waals surface area (Å²) in [6.45, 7) is 5.98. The second-order valence-electron chi connectivity index (χ2n) is 5.22. The normalized spacial score (nSPS) is 12.2. The van der Waals surface area contributed by atoms with Crippen molar-refractivity contribution in [2.75, 3.05) is 11.9 Å². The molecule has 106 valence electrons. The number of sulfonamides is 1. The molecule has 1 amide bonds. The van der Waals surface area contributed by atoms with Gasteiger partial charge in [0, 0.05) is 11.2 Å². The number of nitrogens with one attached hydrogen (secondary N) is 2. The van der Waals surface area contributed by atoms with E-state index >= 15 is 0 Å². The Morgan fingerprint density at radius 2 is 1.95 bits per heavy atom. The van der Waals surface area contributed by atoms with E-state index in [1.807, 2.05) is 20.8 Å². The first-order chi connectivity index (χ1) is 8.58. The van der Waals surface area contributed by atoms with E-state index in [-0.39, 0.29) is 22.9 Å². The van der Waals surface area contributed by atoms with Crippen LogP contribution in [-0.2, 0) is 14.8 Å². The van der Waals surface area contributed by atoms with Crippen LogP contribution in [0.1, 0.15) is 20.8 Å². The first-order valence-electron chi connectivity index (χ1n) is 5.76. The van der Waals surface area contributed by atoms with Crippen LogP contribution in [-0.4, -0.2) is 26.4 Å². The minimum Gasteiger partial charge on any atom is -0.325 e. The Balaban J connectivity index is 2.70. The van der Waals surface area contributed by atoms with Crippen LogP contribution in [0.5, 0.6) is 0 Å². The van der Waals surface area contributed by atoms with Crippen LogP contribution < -0.4 is 15.8 Å². The number of carbonyl (C=O) groups is 1. The Labute approximate surface area is 113 Å². The molecule has 0 fully saturated rings. The van der Waals surface area contributed by atoms with E-state index in [9.17, 15) is 13.2 Å². The van der Waals surface area contributed by atoms with Crippen molar-refractivity contribution in [3.05, 3.63) is 24.3 Å². The third-order valence-electron chi connectivity index (χ3n) is 2.23. The molecule has 0 atom stereocenters. The van der Waals surface area contributed by atoms with Gasteiger partial charge < -0.3 is 10.6 Å². The van der Waals surface area contributed by atoms with Gasteiger partial charge in [0.05, 0.1) is 11.4 Å². The monoisotopic (exact) mass is 285 g/mol. The standard InChI is InChI=1S/C12H19N3O3S/c1-12(2,3)14-8-11(16)15-9-5-4-6-10(7-9)19(13,17)18/h4-7,14H,8H2,1-3H3,(H,15,16)(H2,13,17,18). The van der Waals surface area contributed by atoms with Crippen molar-refractivity contribution < 1.29 is 13.2 Å². The van der Waals surface area contributed by atoms with Crippen LogP contribution in [0.25, 0.3) is 0 Å². The molecule has 0 aliphatic rings. The van der Waals surface area contributed by atoms with Crippen LogP contribution in [0.2, 0.25) is 0 Å². The van der Waals surface area contributed by atoms with Gasteiger partial charge in [0.1, 0.15) is 0 Å². The predicted molar refractivity (Wildman–Crippen MR) is 74.2 cm³/mol. The third kappa shape index (κ3) is 5.82. The molecule has 0 bridgehead atoms. The number of benzene rings is 1. The average molecular weight is 285 g/mol. The van der Waals surface area contributed by atoms with Crippen LogP contribution in [0.15, 0.2) is 29.2 Å². The third-order valence-corrected chi connectivity index (χ3v) is 3.14. The summed E-state index contributed by atoms with van der Waals surface area (Å²) in [5, 5.41) is 10.7. The number of carbonyl (C=O) groups excluding carboxylic acids is 1. The molecule has 0 heterocycles. The molecule has 19 heavy (non-hydrogen) atoms. The lowest BCUT2D eigenvalue weighted by molar-refractivity contribution is -0.115. The Hall–Kier alpha value is -1.44. The first kappa shape index (κ1) is 15.6. The lowest BCUT2D eigenvalue weighted by Crippen LogP contribution is -2.41. The number of anilines is 1. The van der Waals surface area contributed by atoms with Crippen LogP contribution >= 0.6 is 0 Å². The van der Waals surface area contributed by atoms with Gasteiger partial charge in [0.15, 0.2) is 0 Å². The minimum absolute atomic E-state index is 0.0333. The van der Waals surface area contributed by atoms with Crippen molar-refractivity contribution in [1.82, 2.24) is 5.32 Å². The highest BCUT2D eigenvalue weighted by molar-refractivity contribution is 7.89. The van der Waals surface area contributed by atoms with Crippen LogP contribution in [0.4, 0.5) is 5.69 Å². The summed E-state index contributed by atoms with van der Waals surface area (Å²) in [7, 11) is -3.76. The van der Waals surface area contributed by atoms with Gasteiger partial charge in [0.2, 0.25) is 15.9 Å². The fraction of sp³-hybridized carbons (Fsp3) is 0.417. The van der Waals surface area contributed by atoms with Crippen LogP contribution in [0, 0.1) is 0 Å². The number of primary sulfonamides is 1. The van der Waals surface area contributed by atoms with Gasteiger partial charge in [-0.15, -0.1) is 0 Å². The molecule has 0 unspecified atom stereocenters. The quantitative estimate of drug-likeness (QED) is 0.756. The van der Waals surface area contributed by atoms with Gasteiger partial charge in [-0.25, -0.2) is 13.6 Å². The fourth-order valence-corrected chi connectivity index (χ4v) is 1.86. The molecule has 7 heteroatoms. The molecule has 4 N–H and O–H groups in total. The summed E-state index contributed by atoms with van der Waals surface area (Å²) in [5.74, 6) is -0.249. The van der Waals surface area contributed by atoms with E-state index in [1.54, 1.807) is 6.07 Å². The van der Waals surface area contributed by atoms with Gasteiger partial charge in [-0.05, 0) is 39.0 Å². The maximum atomic E-state index is 11.7. The molecule has 0 saturated carbocycles. The Morgan fingerprint density at radius 3 is 2.47 bits per heavy atom. The van der Waals surface area contributed by atoms with E-state index in [0.29, 0.717) is 5.69 Å². The zero-order valence-corrected chi connectivity index (χ0v) is 12.0. The SMILES string of the molecule is CC(C)(C)NCC(=O)Nc1cccc(S(N)(=O)=O)c1. The van der Waals surface area contributed by atoms with Gasteiger partial charge >= 0.3 is 0 Å². The molecular formula is C12H19N3O3S. The molecule has 1 rings (SSSR count). The molecule has 0 radical (unpaired) electrons. The average Bonchev–Trinajstić information content (AvgIpc) is 2.25. The van der Waals surface area contributed by atoms with Gasteiger partial charge in [-0.3, -0.25) is 4.79 Å². The summed E-state index contributed by atoms with van der Waals surface area (Å²) >= 11 is 0. The van der Waals surface area contributed by atoms with Crippen molar-refractivity contribution in [3.63, 3.8) is 0 Å². The van der Waals surface area contributed by atoms with Crippen molar-refractivity contribution in [2.24, 2.45) is 5.14 Å². The molecule has 0 aliphatic heterocycles. The van der Waals surface area contributed by atoms with Gasteiger partial charge in [0.25, 0.3) is 0 Å². The highest BCUT2D eigenvalue weighted by Gasteiger charge is 2.12.